The number of fused-ring (bicyclic) bond motifs is 2. The highest BCUT2D eigenvalue weighted by Crippen LogP contribution is 2.39. The molecule has 198 valence electrons. The number of hydrogen-bond donors (Lipinski definition) is 1. The lowest BCUT2D eigenvalue weighted by Crippen LogP contribution is -2.36. The van der Waals surface area contributed by atoms with Crippen molar-refractivity contribution in [3.63, 3.8) is 0 Å². The molecule has 3 heterocycles. The third-order valence-electron chi connectivity index (χ3n) is 6.21. The molecule has 5 rings (SSSR count). The first-order chi connectivity index (χ1) is 18.0. The predicted octanol–water partition coefficient (Wildman–Crippen LogP) is 6.58. The van der Waals surface area contributed by atoms with Gasteiger partial charge in [0.15, 0.2) is 23.0 Å². The molecule has 0 spiro atoms. The number of anilines is 1. The van der Waals surface area contributed by atoms with Crippen molar-refractivity contribution in [1.82, 2.24) is 9.38 Å². The summed E-state index contributed by atoms with van der Waals surface area (Å²) < 4.78 is 24.1. The highest BCUT2D eigenvalue weighted by molar-refractivity contribution is 5.92. The summed E-state index contributed by atoms with van der Waals surface area (Å²) in [5, 5.41) is 3.74. The largest absolute Gasteiger partial charge is 0.493 e. The minimum atomic E-state index is -0.520. The Bertz CT molecular complexity index is 1500. The summed E-state index contributed by atoms with van der Waals surface area (Å²) in [4.78, 5) is 17.8. The number of aromatic nitrogens is 2. The van der Waals surface area contributed by atoms with Gasteiger partial charge < -0.3 is 24.3 Å². The lowest BCUT2D eigenvalue weighted by Gasteiger charge is -2.34. The van der Waals surface area contributed by atoms with E-state index in [0.717, 1.165) is 29.1 Å². The Kier molecular flexibility index (Phi) is 6.42. The molecule has 0 unspecified atom stereocenters. The van der Waals surface area contributed by atoms with E-state index in [1.807, 2.05) is 36.5 Å². The van der Waals surface area contributed by atoms with Crippen molar-refractivity contribution in [2.45, 2.75) is 46.6 Å². The van der Waals surface area contributed by atoms with Gasteiger partial charge in [0.1, 0.15) is 17.2 Å². The standard InChI is InChI=1S/C30H33N3O5/c1-29(2,3)17-30(4,5)32-27-26(31-25-9-7-8-14-33(25)27)19-10-13-22(23(15-19)35-6)38-28(34)20-11-12-21-24(16-20)37-18-36-21/h7-16,32H,17-18H2,1-6H3. The summed E-state index contributed by atoms with van der Waals surface area (Å²) >= 11 is 0. The fourth-order valence-corrected chi connectivity index (χ4v) is 5.09. The zero-order valence-electron chi connectivity index (χ0n) is 22.6. The predicted molar refractivity (Wildman–Crippen MR) is 146 cm³/mol. The van der Waals surface area contributed by atoms with Crippen LogP contribution in [0.2, 0.25) is 0 Å². The first-order valence-electron chi connectivity index (χ1n) is 12.6. The lowest BCUT2D eigenvalue weighted by atomic mass is 9.82. The molecular formula is C30H33N3O5. The van der Waals surface area contributed by atoms with Crippen LogP contribution in [0.1, 0.15) is 51.4 Å². The van der Waals surface area contributed by atoms with Crippen molar-refractivity contribution >= 4 is 17.4 Å². The highest BCUT2D eigenvalue weighted by Gasteiger charge is 2.28. The van der Waals surface area contributed by atoms with Gasteiger partial charge in [0.25, 0.3) is 0 Å². The van der Waals surface area contributed by atoms with E-state index in [9.17, 15) is 4.79 Å². The smallest absolute Gasteiger partial charge is 0.343 e. The zero-order valence-corrected chi connectivity index (χ0v) is 22.6. The van der Waals surface area contributed by atoms with Crippen LogP contribution in [0.25, 0.3) is 16.9 Å². The lowest BCUT2D eigenvalue weighted by molar-refractivity contribution is 0.0729. The van der Waals surface area contributed by atoms with E-state index >= 15 is 0 Å². The number of nitrogens with one attached hydrogen (secondary N) is 1. The number of methoxy groups -OCH3 is 1. The van der Waals surface area contributed by atoms with Crippen molar-refractivity contribution in [1.29, 1.82) is 0 Å². The number of ether oxygens (including phenoxy) is 4. The van der Waals surface area contributed by atoms with Gasteiger partial charge in [-0.3, -0.25) is 4.40 Å². The maximum Gasteiger partial charge on any atom is 0.343 e. The number of nitrogens with zero attached hydrogens (tertiary/aromatic N) is 2. The second kappa shape index (κ2) is 9.59. The summed E-state index contributed by atoms with van der Waals surface area (Å²) in [6.45, 7) is 11.2. The molecule has 0 saturated carbocycles. The van der Waals surface area contributed by atoms with Gasteiger partial charge in [-0.2, -0.15) is 0 Å². The van der Waals surface area contributed by atoms with Crippen molar-refractivity contribution in [3.8, 4) is 34.3 Å². The van der Waals surface area contributed by atoms with Gasteiger partial charge in [0, 0.05) is 17.3 Å². The number of imidazole rings is 1. The van der Waals surface area contributed by atoms with Gasteiger partial charge in [-0.05, 0) is 74.2 Å². The molecule has 8 nitrogen and oxygen atoms in total. The number of pyridine rings is 1. The van der Waals surface area contributed by atoms with Crippen molar-refractivity contribution in [2.24, 2.45) is 5.41 Å². The van der Waals surface area contributed by atoms with E-state index in [0.29, 0.717) is 28.6 Å². The van der Waals surface area contributed by atoms with Crippen LogP contribution >= 0.6 is 0 Å². The number of benzene rings is 2. The maximum absolute atomic E-state index is 12.9. The summed E-state index contributed by atoms with van der Waals surface area (Å²) in [6, 6.07) is 16.3. The Morgan fingerprint density at radius 3 is 2.55 bits per heavy atom. The van der Waals surface area contributed by atoms with E-state index in [1.54, 1.807) is 31.4 Å². The Hall–Kier alpha value is -4.20. The van der Waals surface area contributed by atoms with Crippen LogP contribution in [-0.4, -0.2) is 34.8 Å². The van der Waals surface area contributed by atoms with Crippen LogP contribution in [-0.2, 0) is 0 Å². The summed E-state index contributed by atoms with van der Waals surface area (Å²) in [5.74, 6) is 2.23. The normalized spacial score (nSPS) is 13.0. The minimum absolute atomic E-state index is 0.135. The molecule has 0 amide bonds. The number of esters is 1. The Balaban J connectivity index is 1.47. The molecule has 2 aromatic carbocycles. The Morgan fingerprint density at radius 1 is 1.00 bits per heavy atom. The molecule has 4 aromatic rings. The summed E-state index contributed by atoms with van der Waals surface area (Å²) in [7, 11) is 1.55. The highest BCUT2D eigenvalue weighted by atomic mass is 16.7. The third-order valence-corrected chi connectivity index (χ3v) is 6.21. The molecule has 2 aromatic heterocycles. The van der Waals surface area contributed by atoms with Gasteiger partial charge in [-0.25, -0.2) is 9.78 Å². The van der Waals surface area contributed by atoms with Gasteiger partial charge in [-0.15, -0.1) is 0 Å². The van der Waals surface area contributed by atoms with Crippen LogP contribution in [0.5, 0.6) is 23.0 Å². The van der Waals surface area contributed by atoms with E-state index in [2.05, 4.69) is 44.3 Å². The average Bonchev–Trinajstić information content (AvgIpc) is 3.47. The fourth-order valence-electron chi connectivity index (χ4n) is 5.09. The number of rotatable bonds is 7. The van der Waals surface area contributed by atoms with Gasteiger partial charge in [0.2, 0.25) is 6.79 Å². The fraction of sp³-hybridized carbons (Fsp3) is 0.333. The van der Waals surface area contributed by atoms with Crippen LogP contribution in [0, 0.1) is 5.41 Å². The number of carbonyl (C=O) groups excluding carboxylic acids is 1. The third kappa shape index (κ3) is 5.25. The summed E-state index contributed by atoms with van der Waals surface area (Å²) in [5.41, 5.74) is 2.75. The van der Waals surface area contributed by atoms with Gasteiger partial charge >= 0.3 is 5.97 Å². The molecular weight excluding hydrogens is 482 g/mol. The van der Waals surface area contributed by atoms with Crippen LogP contribution in [0.15, 0.2) is 60.8 Å². The zero-order chi connectivity index (χ0) is 27.1. The van der Waals surface area contributed by atoms with Gasteiger partial charge in [-0.1, -0.05) is 26.8 Å². The van der Waals surface area contributed by atoms with Crippen molar-refractivity contribution < 1.29 is 23.7 Å². The molecule has 0 atom stereocenters. The number of hydrogen-bond acceptors (Lipinski definition) is 7. The van der Waals surface area contributed by atoms with E-state index in [1.165, 1.54) is 0 Å². The van der Waals surface area contributed by atoms with Gasteiger partial charge in [0.05, 0.1) is 12.7 Å². The molecule has 0 saturated heterocycles. The Morgan fingerprint density at radius 2 is 1.79 bits per heavy atom. The quantitative estimate of drug-likeness (QED) is 0.220. The van der Waals surface area contributed by atoms with Crippen LogP contribution in [0.4, 0.5) is 5.82 Å². The molecule has 0 radical (unpaired) electrons. The summed E-state index contributed by atoms with van der Waals surface area (Å²) in [6.07, 6.45) is 2.96. The molecule has 0 fully saturated rings. The van der Waals surface area contributed by atoms with Crippen molar-refractivity contribution in [2.75, 3.05) is 19.2 Å². The van der Waals surface area contributed by atoms with E-state index in [4.69, 9.17) is 23.9 Å². The molecule has 38 heavy (non-hydrogen) atoms. The first kappa shape index (κ1) is 25.4. The minimum Gasteiger partial charge on any atom is -0.493 e. The monoisotopic (exact) mass is 515 g/mol. The second-order valence-corrected chi connectivity index (χ2v) is 11.3. The van der Waals surface area contributed by atoms with E-state index in [-0.39, 0.29) is 17.7 Å². The van der Waals surface area contributed by atoms with Crippen molar-refractivity contribution in [3.05, 3.63) is 66.4 Å². The number of carbonyl (C=O) groups is 1. The molecule has 1 aliphatic rings. The molecule has 1 N–H and O–H groups in total. The second-order valence-electron chi connectivity index (χ2n) is 11.3. The molecule has 0 aliphatic carbocycles. The topological polar surface area (TPSA) is 83.3 Å². The molecule has 1 aliphatic heterocycles. The first-order valence-corrected chi connectivity index (χ1v) is 12.6. The average molecular weight is 516 g/mol. The SMILES string of the molecule is COc1cc(-c2nc3ccccn3c2NC(C)(C)CC(C)(C)C)ccc1OC(=O)c1ccc2c(c1)OCO2. The maximum atomic E-state index is 12.9. The van der Waals surface area contributed by atoms with Crippen LogP contribution < -0.4 is 24.3 Å². The van der Waals surface area contributed by atoms with E-state index < -0.39 is 5.97 Å². The Labute approximate surface area is 222 Å². The molecule has 0 bridgehead atoms. The molecule has 8 heteroatoms. The van der Waals surface area contributed by atoms with Crippen LogP contribution in [0.3, 0.4) is 0 Å².